The lowest BCUT2D eigenvalue weighted by Crippen LogP contribution is -2.66. The predicted molar refractivity (Wildman–Crippen MR) is 175 cm³/mol. The maximum Gasteiger partial charge on any atom is 0.252 e. The molecule has 0 bridgehead atoms. The van der Waals surface area contributed by atoms with Crippen molar-refractivity contribution in [1.82, 2.24) is 4.57 Å². The van der Waals surface area contributed by atoms with Gasteiger partial charge in [0.25, 0.3) is 6.71 Å². The zero-order valence-electron chi connectivity index (χ0n) is 22.0. The highest BCUT2D eigenvalue weighted by Gasteiger charge is 2.48. The van der Waals surface area contributed by atoms with Crippen molar-refractivity contribution in [2.24, 2.45) is 0 Å². The third-order valence-electron chi connectivity index (χ3n) is 9.81. The van der Waals surface area contributed by atoms with Gasteiger partial charge >= 0.3 is 0 Å². The first-order chi connectivity index (χ1) is 20.4. The molecular formula is C36H20B2N2S. The Morgan fingerprint density at radius 2 is 1.12 bits per heavy atom. The average Bonchev–Trinajstić information content (AvgIpc) is 3.37. The molecule has 0 fully saturated rings. The fourth-order valence-corrected chi connectivity index (χ4v) is 9.58. The standard InChI is InChI=1S/C36H20B2N2S/c1-2-10-21(11-3-1)39-28-18-6-4-14-24(28)37-26-16-8-12-22-23-13-9-17-27-35(23)40(34(22)26)36-32(37)29(39)20-31-33(36)38(27)25-15-5-7-19-30(25)41-31/h1-20H. The van der Waals surface area contributed by atoms with Gasteiger partial charge in [-0.2, -0.15) is 0 Å². The van der Waals surface area contributed by atoms with E-state index >= 15 is 0 Å². The van der Waals surface area contributed by atoms with E-state index in [-0.39, 0.29) is 13.4 Å². The number of rotatable bonds is 1. The molecule has 0 saturated heterocycles. The van der Waals surface area contributed by atoms with E-state index in [4.69, 9.17) is 0 Å². The molecule has 41 heavy (non-hydrogen) atoms. The minimum absolute atomic E-state index is 0.186. The maximum absolute atomic E-state index is 2.66. The molecular weight excluding hydrogens is 514 g/mol. The molecule has 0 N–H and O–H groups in total. The molecule has 5 heterocycles. The second kappa shape index (κ2) is 7.18. The molecule has 0 atom stereocenters. The Morgan fingerprint density at radius 1 is 0.488 bits per heavy atom. The quantitative estimate of drug-likeness (QED) is 0.283. The number of benzene rings is 6. The van der Waals surface area contributed by atoms with Crippen molar-refractivity contribution >= 4 is 96.8 Å². The Kier molecular flexibility index (Phi) is 3.71. The average molecular weight is 534 g/mol. The molecule has 11 rings (SSSR count). The first kappa shape index (κ1) is 21.2. The zero-order chi connectivity index (χ0) is 26.4. The largest absolute Gasteiger partial charge is 0.311 e. The van der Waals surface area contributed by atoms with E-state index < -0.39 is 0 Å². The summed E-state index contributed by atoms with van der Waals surface area (Å²) in [5.74, 6) is 0. The molecule has 186 valence electrons. The van der Waals surface area contributed by atoms with Crippen molar-refractivity contribution in [2.45, 2.75) is 9.79 Å². The molecule has 4 aliphatic rings. The highest BCUT2D eigenvalue weighted by atomic mass is 32.2. The van der Waals surface area contributed by atoms with Crippen LogP contribution in [0.1, 0.15) is 0 Å². The van der Waals surface area contributed by atoms with Crippen LogP contribution in [-0.2, 0) is 0 Å². The topological polar surface area (TPSA) is 8.17 Å². The van der Waals surface area contributed by atoms with Crippen LogP contribution in [0.4, 0.5) is 17.1 Å². The van der Waals surface area contributed by atoms with Gasteiger partial charge in [0.05, 0.1) is 0 Å². The molecule has 1 aromatic heterocycles. The Balaban J connectivity index is 1.41. The maximum atomic E-state index is 2.66. The fourth-order valence-electron chi connectivity index (χ4n) is 8.40. The summed E-state index contributed by atoms with van der Waals surface area (Å²) in [6, 6.07) is 45.6. The summed E-state index contributed by atoms with van der Waals surface area (Å²) < 4.78 is 2.66. The summed E-state index contributed by atoms with van der Waals surface area (Å²) in [6.45, 7) is 0.416. The molecule has 0 aliphatic carbocycles. The lowest BCUT2D eigenvalue weighted by molar-refractivity contribution is 1.17. The molecule has 2 nitrogen and oxygen atoms in total. The number of anilines is 3. The van der Waals surface area contributed by atoms with Gasteiger partial charge in [0.2, 0.25) is 6.71 Å². The Bertz CT molecular complexity index is 2300. The van der Waals surface area contributed by atoms with E-state index in [2.05, 4.69) is 131 Å². The van der Waals surface area contributed by atoms with Crippen LogP contribution in [0.2, 0.25) is 0 Å². The van der Waals surface area contributed by atoms with Crippen molar-refractivity contribution in [3.05, 3.63) is 121 Å². The molecule has 6 aromatic carbocycles. The second-order valence-electron chi connectivity index (χ2n) is 11.6. The minimum atomic E-state index is 0.186. The van der Waals surface area contributed by atoms with Gasteiger partial charge < -0.3 is 9.47 Å². The van der Waals surface area contributed by atoms with Crippen LogP contribution >= 0.6 is 11.8 Å². The molecule has 7 aromatic rings. The summed E-state index contributed by atoms with van der Waals surface area (Å²) in [5.41, 5.74) is 16.6. The van der Waals surface area contributed by atoms with Gasteiger partial charge in [-0.05, 0) is 57.6 Å². The summed E-state index contributed by atoms with van der Waals surface area (Å²) in [4.78, 5) is 5.26. The van der Waals surface area contributed by atoms with Gasteiger partial charge in [0, 0.05) is 54.3 Å². The number of para-hydroxylation sites is 4. The van der Waals surface area contributed by atoms with E-state index in [0.29, 0.717) is 0 Å². The fraction of sp³-hybridized carbons (Fsp3) is 0. The van der Waals surface area contributed by atoms with Gasteiger partial charge in [0.15, 0.2) is 0 Å². The van der Waals surface area contributed by atoms with Crippen LogP contribution in [0.5, 0.6) is 0 Å². The Morgan fingerprint density at radius 3 is 1.90 bits per heavy atom. The van der Waals surface area contributed by atoms with Crippen molar-refractivity contribution in [2.75, 3.05) is 4.90 Å². The van der Waals surface area contributed by atoms with Gasteiger partial charge in [0.1, 0.15) is 0 Å². The van der Waals surface area contributed by atoms with Gasteiger partial charge in [-0.25, -0.2) is 0 Å². The number of hydrogen-bond donors (Lipinski definition) is 0. The highest BCUT2D eigenvalue weighted by molar-refractivity contribution is 8.00. The number of hydrogen-bond acceptors (Lipinski definition) is 2. The van der Waals surface area contributed by atoms with E-state index in [9.17, 15) is 0 Å². The summed E-state index contributed by atoms with van der Waals surface area (Å²) in [5, 5.41) is 2.73. The first-order valence-corrected chi connectivity index (χ1v) is 15.2. The molecule has 0 spiro atoms. The number of nitrogens with zero attached hydrogens (tertiary/aromatic N) is 2. The van der Waals surface area contributed by atoms with E-state index in [1.807, 2.05) is 11.8 Å². The monoisotopic (exact) mass is 534 g/mol. The second-order valence-corrected chi connectivity index (χ2v) is 12.7. The van der Waals surface area contributed by atoms with Gasteiger partial charge in [-0.15, -0.1) is 0 Å². The summed E-state index contributed by atoms with van der Waals surface area (Å²) in [7, 11) is 0. The van der Waals surface area contributed by atoms with Gasteiger partial charge in [-0.1, -0.05) is 108 Å². The highest BCUT2D eigenvalue weighted by Crippen LogP contribution is 2.45. The molecule has 0 saturated carbocycles. The molecule has 0 radical (unpaired) electrons. The lowest BCUT2D eigenvalue weighted by atomic mass is 9.30. The van der Waals surface area contributed by atoms with Crippen LogP contribution in [0, 0.1) is 0 Å². The summed E-state index contributed by atoms with van der Waals surface area (Å²) >= 11 is 1.94. The zero-order valence-corrected chi connectivity index (χ0v) is 22.8. The molecule has 0 unspecified atom stereocenters. The molecule has 0 amide bonds. The van der Waals surface area contributed by atoms with Crippen LogP contribution < -0.4 is 37.7 Å². The predicted octanol–water partition coefficient (Wildman–Crippen LogP) is 4.69. The van der Waals surface area contributed by atoms with Crippen molar-refractivity contribution < 1.29 is 0 Å². The van der Waals surface area contributed by atoms with Crippen LogP contribution in [0.15, 0.2) is 131 Å². The number of fused-ring (bicyclic) bond motifs is 7. The SMILES string of the molecule is c1ccc(N2c3ccccc3B3c4c2cc2c5c4-n4c6c(cccc6c6cccc3c64)B5c3ccccc3S2)cc1. The van der Waals surface area contributed by atoms with E-state index in [1.54, 1.807) is 0 Å². The van der Waals surface area contributed by atoms with Crippen LogP contribution in [-0.4, -0.2) is 18.0 Å². The van der Waals surface area contributed by atoms with Gasteiger partial charge in [-0.3, -0.25) is 0 Å². The Hall–Kier alpha value is -4.60. The van der Waals surface area contributed by atoms with Crippen molar-refractivity contribution in [3.8, 4) is 5.69 Å². The normalized spacial score (nSPS) is 14.6. The minimum Gasteiger partial charge on any atom is -0.311 e. The van der Waals surface area contributed by atoms with E-state index in [0.717, 1.165) is 0 Å². The van der Waals surface area contributed by atoms with E-state index in [1.165, 1.54) is 87.1 Å². The van der Waals surface area contributed by atoms with Crippen LogP contribution in [0.25, 0.3) is 27.5 Å². The Labute approximate surface area is 242 Å². The smallest absolute Gasteiger partial charge is 0.252 e. The third-order valence-corrected chi connectivity index (χ3v) is 11.0. The summed E-state index contributed by atoms with van der Waals surface area (Å²) in [6.07, 6.45) is 0. The first-order valence-electron chi connectivity index (χ1n) is 14.4. The van der Waals surface area contributed by atoms with Crippen molar-refractivity contribution in [3.63, 3.8) is 0 Å². The lowest BCUT2D eigenvalue weighted by Gasteiger charge is -2.44. The third kappa shape index (κ3) is 2.36. The van der Waals surface area contributed by atoms with Crippen LogP contribution in [0.3, 0.4) is 0 Å². The number of aromatic nitrogens is 1. The molecule has 5 heteroatoms. The molecule has 4 aliphatic heterocycles. The van der Waals surface area contributed by atoms with Crippen molar-refractivity contribution in [1.29, 1.82) is 0 Å².